The fourth-order valence-corrected chi connectivity index (χ4v) is 3.11. The number of para-hydroxylation sites is 1. The van der Waals surface area contributed by atoms with E-state index in [2.05, 4.69) is 5.32 Å². The van der Waals surface area contributed by atoms with Crippen LogP contribution < -0.4 is 19.5 Å². The number of nitrogens with one attached hydrogen (secondary N) is 1. The average Bonchev–Trinajstić information content (AvgIpc) is 3.22. The van der Waals surface area contributed by atoms with E-state index >= 15 is 0 Å². The van der Waals surface area contributed by atoms with Gasteiger partial charge >= 0.3 is 0 Å². The van der Waals surface area contributed by atoms with Crippen LogP contribution in [0.3, 0.4) is 0 Å². The van der Waals surface area contributed by atoms with Crippen LogP contribution in [0.4, 0.5) is 0 Å². The van der Waals surface area contributed by atoms with Gasteiger partial charge in [0.25, 0.3) is 5.91 Å². The van der Waals surface area contributed by atoms with Gasteiger partial charge in [-0.15, -0.1) is 0 Å². The van der Waals surface area contributed by atoms with Gasteiger partial charge in [0, 0.05) is 18.5 Å². The molecule has 0 aliphatic carbocycles. The number of methoxy groups -OCH3 is 3. The van der Waals surface area contributed by atoms with E-state index in [0.29, 0.717) is 25.1 Å². The Morgan fingerprint density at radius 3 is 2.41 bits per heavy atom. The molecule has 6 nitrogen and oxygen atoms in total. The van der Waals surface area contributed by atoms with Crippen LogP contribution in [-0.2, 0) is 12.8 Å². The highest BCUT2D eigenvalue weighted by Gasteiger charge is 2.14. The molecular formula is C23H25NO5. The number of hydrogen-bond donors (Lipinski definition) is 1. The summed E-state index contributed by atoms with van der Waals surface area (Å²) in [5.74, 6) is 3.00. The Balaban J connectivity index is 1.60. The molecule has 0 saturated carbocycles. The highest BCUT2D eigenvalue weighted by molar-refractivity contribution is 5.91. The summed E-state index contributed by atoms with van der Waals surface area (Å²) in [6, 6.07) is 16.8. The van der Waals surface area contributed by atoms with E-state index in [9.17, 15) is 4.79 Å². The van der Waals surface area contributed by atoms with Crippen LogP contribution in [0, 0.1) is 0 Å². The molecule has 152 valence electrons. The smallest absolute Gasteiger partial charge is 0.287 e. The van der Waals surface area contributed by atoms with E-state index in [1.165, 1.54) is 0 Å². The third kappa shape index (κ3) is 5.10. The number of amides is 1. The Morgan fingerprint density at radius 1 is 0.897 bits per heavy atom. The molecule has 0 bridgehead atoms. The molecule has 1 N–H and O–H groups in total. The molecule has 3 rings (SSSR count). The third-order valence-corrected chi connectivity index (χ3v) is 4.61. The van der Waals surface area contributed by atoms with E-state index in [1.54, 1.807) is 33.5 Å². The number of carbonyl (C=O) groups is 1. The minimum absolute atomic E-state index is 0.247. The van der Waals surface area contributed by atoms with Gasteiger partial charge in [-0.2, -0.15) is 0 Å². The maximum absolute atomic E-state index is 12.4. The molecule has 0 aliphatic heterocycles. The topological polar surface area (TPSA) is 69.9 Å². The predicted molar refractivity (Wildman–Crippen MR) is 110 cm³/mol. The lowest BCUT2D eigenvalue weighted by molar-refractivity contribution is 0.0924. The molecule has 1 heterocycles. The molecule has 6 heteroatoms. The first-order valence-corrected chi connectivity index (χ1v) is 9.34. The number of benzene rings is 2. The molecule has 0 fully saturated rings. The fourth-order valence-electron chi connectivity index (χ4n) is 3.11. The Morgan fingerprint density at radius 2 is 1.66 bits per heavy atom. The van der Waals surface area contributed by atoms with Crippen molar-refractivity contribution in [3.05, 3.63) is 77.2 Å². The SMILES string of the molecule is COc1ccc(OC)c(Cc2ccc(C(=O)NCCc3ccccc3OC)o2)c1. The molecule has 0 spiro atoms. The molecule has 0 radical (unpaired) electrons. The van der Waals surface area contributed by atoms with Crippen molar-refractivity contribution in [3.63, 3.8) is 0 Å². The van der Waals surface area contributed by atoms with Crippen LogP contribution in [0.5, 0.6) is 17.2 Å². The number of carbonyl (C=O) groups excluding carboxylic acids is 1. The summed E-state index contributed by atoms with van der Waals surface area (Å²) in [6.07, 6.45) is 1.17. The normalized spacial score (nSPS) is 10.4. The van der Waals surface area contributed by atoms with Gasteiger partial charge < -0.3 is 23.9 Å². The standard InChI is InChI=1S/C23H25NO5/c1-26-18-8-10-21(28-3)17(14-18)15-19-9-11-22(29-19)23(25)24-13-12-16-6-4-5-7-20(16)27-2/h4-11,14H,12-13,15H2,1-3H3,(H,24,25). The quantitative estimate of drug-likeness (QED) is 0.596. The average molecular weight is 395 g/mol. The number of rotatable bonds is 9. The van der Waals surface area contributed by atoms with E-state index < -0.39 is 0 Å². The minimum Gasteiger partial charge on any atom is -0.497 e. The summed E-state index contributed by atoms with van der Waals surface area (Å²) in [5.41, 5.74) is 1.96. The van der Waals surface area contributed by atoms with Gasteiger partial charge in [0.1, 0.15) is 23.0 Å². The van der Waals surface area contributed by atoms with Gasteiger partial charge in [-0.3, -0.25) is 4.79 Å². The first-order valence-electron chi connectivity index (χ1n) is 9.34. The van der Waals surface area contributed by atoms with E-state index in [-0.39, 0.29) is 11.7 Å². The zero-order valence-electron chi connectivity index (χ0n) is 16.9. The van der Waals surface area contributed by atoms with Crippen LogP contribution in [0.2, 0.25) is 0 Å². The maximum atomic E-state index is 12.4. The second-order valence-corrected chi connectivity index (χ2v) is 6.44. The van der Waals surface area contributed by atoms with Crippen molar-refractivity contribution in [2.45, 2.75) is 12.8 Å². The van der Waals surface area contributed by atoms with Crippen molar-refractivity contribution >= 4 is 5.91 Å². The summed E-state index contributed by atoms with van der Waals surface area (Å²) in [6.45, 7) is 0.485. The molecule has 1 aromatic heterocycles. The maximum Gasteiger partial charge on any atom is 0.287 e. The van der Waals surface area contributed by atoms with Crippen LogP contribution in [-0.4, -0.2) is 33.8 Å². The Labute approximate surface area is 170 Å². The highest BCUT2D eigenvalue weighted by atomic mass is 16.5. The zero-order chi connectivity index (χ0) is 20.6. The van der Waals surface area contributed by atoms with Crippen molar-refractivity contribution in [1.29, 1.82) is 0 Å². The second-order valence-electron chi connectivity index (χ2n) is 6.44. The molecule has 0 saturated heterocycles. The van der Waals surface area contributed by atoms with E-state index in [0.717, 1.165) is 28.4 Å². The summed E-state index contributed by atoms with van der Waals surface area (Å²) < 4.78 is 21.7. The van der Waals surface area contributed by atoms with Crippen LogP contribution in [0.25, 0.3) is 0 Å². The van der Waals surface area contributed by atoms with Crippen LogP contribution in [0.1, 0.15) is 27.4 Å². The predicted octanol–water partition coefficient (Wildman–Crippen LogP) is 3.87. The summed E-state index contributed by atoms with van der Waals surface area (Å²) >= 11 is 0. The molecule has 3 aromatic rings. The van der Waals surface area contributed by atoms with Crippen LogP contribution >= 0.6 is 0 Å². The fraction of sp³-hybridized carbons (Fsp3) is 0.261. The lowest BCUT2D eigenvalue weighted by Gasteiger charge is -2.09. The number of hydrogen-bond acceptors (Lipinski definition) is 5. The van der Waals surface area contributed by atoms with Gasteiger partial charge in [0.2, 0.25) is 0 Å². The lowest BCUT2D eigenvalue weighted by atomic mass is 10.1. The largest absolute Gasteiger partial charge is 0.497 e. The van der Waals surface area contributed by atoms with Gasteiger partial charge in [0.05, 0.1) is 21.3 Å². The molecule has 0 unspecified atom stereocenters. The molecule has 2 aromatic carbocycles. The zero-order valence-corrected chi connectivity index (χ0v) is 16.9. The Kier molecular flexibility index (Phi) is 6.79. The monoisotopic (exact) mass is 395 g/mol. The Hall–Kier alpha value is -3.41. The minimum atomic E-state index is -0.247. The van der Waals surface area contributed by atoms with Gasteiger partial charge in [-0.1, -0.05) is 18.2 Å². The first-order chi connectivity index (χ1) is 14.1. The van der Waals surface area contributed by atoms with Gasteiger partial charge in [-0.05, 0) is 48.4 Å². The van der Waals surface area contributed by atoms with Crippen molar-refractivity contribution in [2.75, 3.05) is 27.9 Å². The lowest BCUT2D eigenvalue weighted by Crippen LogP contribution is -2.25. The van der Waals surface area contributed by atoms with E-state index in [1.807, 2.05) is 42.5 Å². The Bertz CT molecular complexity index is 963. The number of furan rings is 1. The van der Waals surface area contributed by atoms with Crippen molar-refractivity contribution in [1.82, 2.24) is 5.32 Å². The second kappa shape index (κ2) is 9.68. The highest BCUT2D eigenvalue weighted by Crippen LogP contribution is 2.27. The summed E-state index contributed by atoms with van der Waals surface area (Å²) in [7, 11) is 4.87. The molecule has 1 amide bonds. The first kappa shape index (κ1) is 20.3. The van der Waals surface area contributed by atoms with Crippen molar-refractivity contribution in [3.8, 4) is 17.2 Å². The molecular weight excluding hydrogens is 370 g/mol. The third-order valence-electron chi connectivity index (χ3n) is 4.61. The number of ether oxygens (including phenoxy) is 3. The van der Waals surface area contributed by atoms with Crippen molar-refractivity contribution in [2.24, 2.45) is 0 Å². The van der Waals surface area contributed by atoms with Gasteiger partial charge in [-0.25, -0.2) is 0 Å². The molecule has 0 aliphatic rings. The van der Waals surface area contributed by atoms with Crippen molar-refractivity contribution < 1.29 is 23.4 Å². The molecule has 29 heavy (non-hydrogen) atoms. The van der Waals surface area contributed by atoms with E-state index in [4.69, 9.17) is 18.6 Å². The van der Waals surface area contributed by atoms with Crippen LogP contribution in [0.15, 0.2) is 59.0 Å². The summed E-state index contributed by atoms with van der Waals surface area (Å²) in [5, 5.41) is 2.88. The van der Waals surface area contributed by atoms with Gasteiger partial charge in [0.15, 0.2) is 5.76 Å². The summed E-state index contributed by atoms with van der Waals surface area (Å²) in [4.78, 5) is 12.4. The molecule has 0 atom stereocenters.